The van der Waals surface area contributed by atoms with Crippen molar-refractivity contribution in [1.82, 2.24) is 9.97 Å². The van der Waals surface area contributed by atoms with E-state index in [1.807, 2.05) is 24.3 Å². The molecule has 0 radical (unpaired) electrons. The maximum absolute atomic E-state index is 11.1. The normalized spacial score (nSPS) is 10.4. The Labute approximate surface area is 106 Å². The highest BCUT2D eigenvalue weighted by Gasteiger charge is 2.01. The van der Waals surface area contributed by atoms with Gasteiger partial charge in [-0.1, -0.05) is 28.1 Å². The lowest BCUT2D eigenvalue weighted by molar-refractivity contribution is 0.447. The van der Waals surface area contributed by atoms with Crippen LogP contribution in [-0.4, -0.2) is 15.1 Å². The molecule has 0 aliphatic rings. The van der Waals surface area contributed by atoms with Crippen molar-refractivity contribution in [3.8, 4) is 5.88 Å². The molecule has 2 aromatic rings. The fraction of sp³-hybridized carbons (Fsp3) is 0.167. The van der Waals surface area contributed by atoms with Crippen molar-refractivity contribution in [2.45, 2.75) is 12.8 Å². The maximum Gasteiger partial charge on any atom is 0.254 e. The molecular formula is C12H11BrN2O2. The van der Waals surface area contributed by atoms with Crippen LogP contribution in [0.15, 0.2) is 39.6 Å². The molecule has 4 nitrogen and oxygen atoms in total. The monoisotopic (exact) mass is 294 g/mol. The first-order valence-corrected chi connectivity index (χ1v) is 5.96. The summed E-state index contributed by atoms with van der Waals surface area (Å²) in [7, 11) is 0. The molecule has 0 atom stereocenters. The van der Waals surface area contributed by atoms with Gasteiger partial charge in [-0.15, -0.1) is 0 Å². The number of hydrogen-bond donors (Lipinski definition) is 2. The van der Waals surface area contributed by atoms with Gasteiger partial charge in [-0.2, -0.15) is 0 Å². The number of aromatic amines is 1. The number of rotatable bonds is 3. The summed E-state index contributed by atoms with van der Waals surface area (Å²) in [4.78, 5) is 17.6. The Morgan fingerprint density at radius 1 is 1.29 bits per heavy atom. The van der Waals surface area contributed by atoms with Crippen LogP contribution in [0, 0.1) is 0 Å². The van der Waals surface area contributed by atoms with Crippen LogP contribution in [0.25, 0.3) is 0 Å². The van der Waals surface area contributed by atoms with Crippen molar-refractivity contribution in [2.75, 3.05) is 0 Å². The Balaban J connectivity index is 2.09. The SMILES string of the molecule is O=c1cc(O)nc(CCc2cccc(Br)c2)[nH]1. The lowest BCUT2D eigenvalue weighted by Crippen LogP contribution is -2.10. The second-order valence-corrected chi connectivity index (χ2v) is 4.60. The molecule has 0 unspecified atom stereocenters. The number of nitrogens with one attached hydrogen (secondary N) is 1. The predicted octanol–water partition coefficient (Wildman–Crippen LogP) is 2.02. The molecule has 1 aromatic heterocycles. The van der Waals surface area contributed by atoms with Gasteiger partial charge in [0.15, 0.2) is 0 Å². The predicted molar refractivity (Wildman–Crippen MR) is 68.1 cm³/mol. The Morgan fingerprint density at radius 2 is 2.12 bits per heavy atom. The van der Waals surface area contributed by atoms with Crippen molar-refractivity contribution in [1.29, 1.82) is 0 Å². The van der Waals surface area contributed by atoms with E-state index in [4.69, 9.17) is 0 Å². The van der Waals surface area contributed by atoms with Gasteiger partial charge in [0.25, 0.3) is 5.56 Å². The fourth-order valence-corrected chi connectivity index (χ4v) is 2.01. The van der Waals surface area contributed by atoms with Crippen LogP contribution in [0.5, 0.6) is 5.88 Å². The summed E-state index contributed by atoms with van der Waals surface area (Å²) < 4.78 is 1.02. The second kappa shape index (κ2) is 5.14. The van der Waals surface area contributed by atoms with Crippen molar-refractivity contribution in [3.63, 3.8) is 0 Å². The van der Waals surface area contributed by atoms with Crippen LogP contribution in [0.4, 0.5) is 0 Å². The highest BCUT2D eigenvalue weighted by molar-refractivity contribution is 9.10. The van der Waals surface area contributed by atoms with Gasteiger partial charge in [0.1, 0.15) is 5.82 Å². The number of aromatic hydroxyl groups is 1. The van der Waals surface area contributed by atoms with Crippen molar-refractivity contribution in [3.05, 3.63) is 56.5 Å². The summed E-state index contributed by atoms with van der Waals surface area (Å²) >= 11 is 3.40. The first kappa shape index (κ1) is 11.9. The van der Waals surface area contributed by atoms with E-state index in [9.17, 15) is 9.90 Å². The zero-order valence-electron chi connectivity index (χ0n) is 8.98. The molecule has 2 rings (SSSR count). The molecule has 5 heteroatoms. The topological polar surface area (TPSA) is 66.0 Å². The molecule has 0 aliphatic carbocycles. The van der Waals surface area contributed by atoms with E-state index in [0.29, 0.717) is 12.2 Å². The first-order valence-electron chi connectivity index (χ1n) is 5.17. The van der Waals surface area contributed by atoms with Gasteiger partial charge in [0.2, 0.25) is 5.88 Å². The largest absolute Gasteiger partial charge is 0.493 e. The van der Waals surface area contributed by atoms with Crippen LogP contribution in [-0.2, 0) is 12.8 Å². The average molecular weight is 295 g/mol. The van der Waals surface area contributed by atoms with E-state index in [1.165, 1.54) is 0 Å². The van der Waals surface area contributed by atoms with Crippen molar-refractivity contribution < 1.29 is 5.11 Å². The highest BCUT2D eigenvalue weighted by atomic mass is 79.9. The minimum Gasteiger partial charge on any atom is -0.493 e. The van der Waals surface area contributed by atoms with Crippen LogP contribution in [0.1, 0.15) is 11.4 Å². The van der Waals surface area contributed by atoms with E-state index in [0.717, 1.165) is 22.5 Å². The third kappa shape index (κ3) is 3.42. The minimum atomic E-state index is -0.332. The molecule has 0 saturated heterocycles. The standard InChI is InChI=1S/C12H11BrN2O2/c13-9-3-1-2-8(6-9)4-5-10-14-11(16)7-12(17)15-10/h1-3,6-7H,4-5H2,(H2,14,15,16,17). The van der Waals surface area contributed by atoms with Gasteiger partial charge >= 0.3 is 0 Å². The molecule has 1 heterocycles. The third-order valence-electron chi connectivity index (χ3n) is 2.32. The zero-order valence-corrected chi connectivity index (χ0v) is 10.6. The van der Waals surface area contributed by atoms with Gasteiger partial charge in [0, 0.05) is 10.9 Å². The minimum absolute atomic E-state index is 0.238. The van der Waals surface area contributed by atoms with E-state index in [1.54, 1.807) is 0 Å². The quantitative estimate of drug-likeness (QED) is 0.910. The van der Waals surface area contributed by atoms with E-state index in [2.05, 4.69) is 25.9 Å². The van der Waals surface area contributed by atoms with Gasteiger partial charge in [-0.3, -0.25) is 4.79 Å². The fourth-order valence-electron chi connectivity index (χ4n) is 1.57. The molecule has 0 spiro atoms. The summed E-state index contributed by atoms with van der Waals surface area (Å²) in [6.45, 7) is 0. The molecule has 0 fully saturated rings. The number of halogens is 1. The van der Waals surface area contributed by atoms with Crippen LogP contribution in [0.2, 0.25) is 0 Å². The molecule has 1 aromatic carbocycles. The Morgan fingerprint density at radius 3 is 2.82 bits per heavy atom. The highest BCUT2D eigenvalue weighted by Crippen LogP contribution is 2.13. The first-order chi connectivity index (χ1) is 8.13. The molecule has 0 aliphatic heterocycles. The summed E-state index contributed by atoms with van der Waals surface area (Å²) in [6.07, 6.45) is 1.34. The molecule has 0 saturated carbocycles. The van der Waals surface area contributed by atoms with Gasteiger partial charge in [0.05, 0.1) is 6.07 Å². The molecule has 17 heavy (non-hydrogen) atoms. The number of hydrogen-bond acceptors (Lipinski definition) is 3. The second-order valence-electron chi connectivity index (χ2n) is 3.68. The van der Waals surface area contributed by atoms with Crippen molar-refractivity contribution >= 4 is 15.9 Å². The molecule has 0 amide bonds. The molecule has 88 valence electrons. The Bertz CT molecular complexity index is 581. The summed E-state index contributed by atoms with van der Waals surface area (Å²) in [6, 6.07) is 8.99. The van der Waals surface area contributed by atoms with E-state index in [-0.39, 0.29) is 11.4 Å². The molecule has 0 bridgehead atoms. The summed E-state index contributed by atoms with van der Waals surface area (Å²) in [5.41, 5.74) is 0.812. The molecular weight excluding hydrogens is 284 g/mol. The van der Waals surface area contributed by atoms with Crippen LogP contribution >= 0.6 is 15.9 Å². The lowest BCUT2D eigenvalue weighted by atomic mass is 10.1. The number of H-pyrrole nitrogens is 1. The van der Waals surface area contributed by atoms with Gasteiger partial charge in [-0.05, 0) is 24.1 Å². The average Bonchev–Trinajstić information content (AvgIpc) is 2.25. The third-order valence-corrected chi connectivity index (χ3v) is 2.81. The Kier molecular flexibility index (Phi) is 3.58. The zero-order chi connectivity index (χ0) is 12.3. The van der Waals surface area contributed by atoms with Gasteiger partial charge < -0.3 is 10.1 Å². The number of nitrogens with zero attached hydrogens (tertiary/aromatic N) is 1. The lowest BCUT2D eigenvalue weighted by Gasteiger charge is -2.02. The number of aromatic nitrogens is 2. The number of aryl methyl sites for hydroxylation is 2. The Hall–Kier alpha value is -1.62. The van der Waals surface area contributed by atoms with Crippen LogP contribution < -0.4 is 5.56 Å². The number of benzene rings is 1. The summed E-state index contributed by atoms with van der Waals surface area (Å²) in [5, 5.41) is 9.20. The summed E-state index contributed by atoms with van der Waals surface area (Å²) in [5.74, 6) is 0.257. The van der Waals surface area contributed by atoms with Gasteiger partial charge in [-0.25, -0.2) is 4.98 Å². The van der Waals surface area contributed by atoms with Crippen LogP contribution in [0.3, 0.4) is 0 Å². The maximum atomic E-state index is 11.1. The van der Waals surface area contributed by atoms with Crippen molar-refractivity contribution in [2.24, 2.45) is 0 Å². The molecule has 2 N–H and O–H groups in total. The van der Waals surface area contributed by atoms with E-state index < -0.39 is 0 Å². The van der Waals surface area contributed by atoms with E-state index >= 15 is 0 Å². The smallest absolute Gasteiger partial charge is 0.254 e.